The van der Waals surface area contributed by atoms with Gasteiger partial charge in [-0.05, 0) is 39.4 Å². The molecule has 1 aromatic rings. The molecule has 0 aliphatic rings. The minimum Gasteiger partial charge on any atom is -0.462 e. The van der Waals surface area contributed by atoms with Crippen LogP contribution >= 0.6 is 0 Å². The molecule has 0 aliphatic carbocycles. The van der Waals surface area contributed by atoms with Crippen LogP contribution in [0.1, 0.15) is 31.4 Å². The highest BCUT2D eigenvalue weighted by molar-refractivity contribution is 5.86. The molecule has 0 saturated carbocycles. The molecule has 0 saturated heterocycles. The Morgan fingerprint density at radius 2 is 1.95 bits per heavy atom. The van der Waals surface area contributed by atoms with Crippen LogP contribution in [0, 0.1) is 0 Å². The van der Waals surface area contributed by atoms with Gasteiger partial charge in [-0.25, -0.2) is 4.79 Å². The van der Waals surface area contributed by atoms with Crippen LogP contribution in [0.15, 0.2) is 42.5 Å². The number of nitrogens with zero attached hydrogens (tertiary/aromatic N) is 1. The molecule has 0 spiro atoms. The van der Waals surface area contributed by atoms with Crippen molar-refractivity contribution in [2.24, 2.45) is 0 Å². The fourth-order valence-electron chi connectivity index (χ4n) is 1.96. The first-order chi connectivity index (χ1) is 9.02. The SMILES string of the molecule is C=C(C)C(=O)OCCCC(c1ccccc1)N(C)C. The van der Waals surface area contributed by atoms with E-state index in [-0.39, 0.29) is 5.97 Å². The zero-order valence-corrected chi connectivity index (χ0v) is 12.1. The number of carbonyl (C=O) groups excluding carboxylic acids is 1. The fraction of sp³-hybridized carbons (Fsp3) is 0.438. The Kier molecular flexibility index (Phi) is 6.30. The van der Waals surface area contributed by atoms with Crippen molar-refractivity contribution in [2.75, 3.05) is 20.7 Å². The molecule has 1 atom stereocenters. The van der Waals surface area contributed by atoms with Crippen molar-refractivity contribution >= 4 is 5.97 Å². The van der Waals surface area contributed by atoms with Gasteiger partial charge in [-0.1, -0.05) is 36.9 Å². The van der Waals surface area contributed by atoms with E-state index in [2.05, 4.69) is 37.7 Å². The van der Waals surface area contributed by atoms with Crippen molar-refractivity contribution in [3.05, 3.63) is 48.0 Å². The summed E-state index contributed by atoms with van der Waals surface area (Å²) in [5.74, 6) is -0.305. The lowest BCUT2D eigenvalue weighted by atomic mass is 10.0. The summed E-state index contributed by atoms with van der Waals surface area (Å²) in [6, 6.07) is 10.7. The Balaban J connectivity index is 2.44. The molecule has 0 heterocycles. The van der Waals surface area contributed by atoms with Crippen molar-refractivity contribution in [3.63, 3.8) is 0 Å². The lowest BCUT2D eigenvalue weighted by molar-refractivity contribution is -0.139. The Morgan fingerprint density at radius 1 is 1.32 bits per heavy atom. The third kappa shape index (κ3) is 5.26. The van der Waals surface area contributed by atoms with Crippen LogP contribution in [0.25, 0.3) is 0 Å². The molecule has 0 N–H and O–H groups in total. The Bertz CT molecular complexity index is 412. The summed E-state index contributed by atoms with van der Waals surface area (Å²) in [4.78, 5) is 13.4. The second kappa shape index (κ2) is 7.74. The third-order valence-electron chi connectivity index (χ3n) is 3.01. The Labute approximate surface area is 115 Å². The highest BCUT2D eigenvalue weighted by Crippen LogP contribution is 2.23. The van der Waals surface area contributed by atoms with Crippen LogP contribution in [-0.2, 0) is 9.53 Å². The van der Waals surface area contributed by atoms with Gasteiger partial charge in [0.25, 0.3) is 0 Å². The number of esters is 1. The molecule has 0 bridgehead atoms. The van der Waals surface area contributed by atoms with Gasteiger partial charge >= 0.3 is 5.97 Å². The van der Waals surface area contributed by atoms with E-state index in [1.165, 1.54) is 5.56 Å². The minimum absolute atomic E-state index is 0.305. The van der Waals surface area contributed by atoms with Gasteiger partial charge in [0.1, 0.15) is 0 Å². The second-order valence-corrected chi connectivity index (χ2v) is 4.95. The maximum Gasteiger partial charge on any atom is 0.333 e. The molecular formula is C16H23NO2. The molecule has 0 aliphatic heterocycles. The number of rotatable bonds is 7. The fourth-order valence-corrected chi connectivity index (χ4v) is 1.96. The first-order valence-electron chi connectivity index (χ1n) is 6.56. The normalized spacial score (nSPS) is 12.2. The molecule has 0 fully saturated rings. The first-order valence-corrected chi connectivity index (χ1v) is 6.56. The highest BCUT2D eigenvalue weighted by Gasteiger charge is 2.13. The summed E-state index contributed by atoms with van der Waals surface area (Å²) in [5.41, 5.74) is 1.74. The van der Waals surface area contributed by atoms with E-state index in [4.69, 9.17) is 4.74 Å². The number of hydrogen-bond donors (Lipinski definition) is 0. The maximum absolute atomic E-state index is 11.3. The maximum atomic E-state index is 11.3. The molecule has 1 aromatic carbocycles. The standard InChI is InChI=1S/C16H23NO2/c1-13(2)16(18)19-12-8-11-15(17(3)4)14-9-6-5-7-10-14/h5-7,9-10,15H,1,8,11-12H2,2-4H3. The van der Waals surface area contributed by atoms with E-state index in [9.17, 15) is 4.79 Å². The van der Waals surface area contributed by atoms with Crippen LogP contribution in [-0.4, -0.2) is 31.6 Å². The summed E-state index contributed by atoms with van der Waals surface area (Å²) >= 11 is 0. The molecule has 3 nitrogen and oxygen atoms in total. The topological polar surface area (TPSA) is 29.5 Å². The van der Waals surface area contributed by atoms with E-state index in [0.29, 0.717) is 18.2 Å². The molecule has 0 radical (unpaired) electrons. The first kappa shape index (κ1) is 15.4. The van der Waals surface area contributed by atoms with E-state index < -0.39 is 0 Å². The van der Waals surface area contributed by atoms with Gasteiger partial charge < -0.3 is 9.64 Å². The van der Waals surface area contributed by atoms with E-state index in [0.717, 1.165) is 12.8 Å². The van der Waals surface area contributed by atoms with Crippen LogP contribution in [0.5, 0.6) is 0 Å². The van der Waals surface area contributed by atoms with Gasteiger partial charge in [0.05, 0.1) is 6.61 Å². The lowest BCUT2D eigenvalue weighted by Gasteiger charge is -2.24. The number of hydrogen-bond acceptors (Lipinski definition) is 3. The van der Waals surface area contributed by atoms with Crippen LogP contribution in [0.4, 0.5) is 0 Å². The van der Waals surface area contributed by atoms with Crippen molar-refractivity contribution in [1.29, 1.82) is 0 Å². The number of ether oxygens (including phenoxy) is 1. The van der Waals surface area contributed by atoms with E-state index >= 15 is 0 Å². The van der Waals surface area contributed by atoms with Gasteiger partial charge in [-0.2, -0.15) is 0 Å². The summed E-state index contributed by atoms with van der Waals surface area (Å²) in [6.07, 6.45) is 1.80. The Hall–Kier alpha value is -1.61. The summed E-state index contributed by atoms with van der Waals surface area (Å²) in [6.45, 7) is 5.67. The average Bonchev–Trinajstić information content (AvgIpc) is 2.38. The predicted molar refractivity (Wildman–Crippen MR) is 77.9 cm³/mol. The molecule has 19 heavy (non-hydrogen) atoms. The van der Waals surface area contributed by atoms with Crippen molar-refractivity contribution < 1.29 is 9.53 Å². The summed E-state index contributed by atoms with van der Waals surface area (Å²) in [5, 5.41) is 0. The number of benzene rings is 1. The van der Waals surface area contributed by atoms with Crippen LogP contribution in [0.3, 0.4) is 0 Å². The quantitative estimate of drug-likeness (QED) is 0.429. The van der Waals surface area contributed by atoms with Crippen LogP contribution < -0.4 is 0 Å². The Morgan fingerprint density at radius 3 is 2.47 bits per heavy atom. The van der Waals surface area contributed by atoms with Gasteiger partial charge in [-0.15, -0.1) is 0 Å². The number of carbonyl (C=O) groups is 1. The van der Waals surface area contributed by atoms with E-state index in [1.807, 2.05) is 18.2 Å². The third-order valence-corrected chi connectivity index (χ3v) is 3.01. The zero-order valence-electron chi connectivity index (χ0n) is 12.1. The molecule has 1 rings (SSSR count). The van der Waals surface area contributed by atoms with Gasteiger partial charge in [0.2, 0.25) is 0 Å². The smallest absolute Gasteiger partial charge is 0.333 e. The van der Waals surface area contributed by atoms with Crippen molar-refractivity contribution in [3.8, 4) is 0 Å². The molecular weight excluding hydrogens is 238 g/mol. The largest absolute Gasteiger partial charge is 0.462 e. The molecule has 1 unspecified atom stereocenters. The monoisotopic (exact) mass is 261 g/mol. The van der Waals surface area contributed by atoms with Gasteiger partial charge in [0, 0.05) is 11.6 Å². The van der Waals surface area contributed by atoms with Crippen molar-refractivity contribution in [2.45, 2.75) is 25.8 Å². The van der Waals surface area contributed by atoms with E-state index in [1.54, 1.807) is 6.92 Å². The molecule has 0 aromatic heterocycles. The molecule has 3 heteroatoms. The van der Waals surface area contributed by atoms with Crippen LogP contribution in [0.2, 0.25) is 0 Å². The molecule has 0 amide bonds. The average molecular weight is 261 g/mol. The predicted octanol–water partition coefficient (Wildman–Crippen LogP) is 3.19. The van der Waals surface area contributed by atoms with Gasteiger partial charge in [-0.3, -0.25) is 0 Å². The van der Waals surface area contributed by atoms with Gasteiger partial charge in [0.15, 0.2) is 0 Å². The summed E-state index contributed by atoms with van der Waals surface area (Å²) < 4.78 is 5.11. The highest BCUT2D eigenvalue weighted by atomic mass is 16.5. The zero-order chi connectivity index (χ0) is 14.3. The molecule has 104 valence electrons. The summed E-state index contributed by atoms with van der Waals surface area (Å²) in [7, 11) is 4.13. The van der Waals surface area contributed by atoms with Crippen molar-refractivity contribution in [1.82, 2.24) is 4.90 Å². The lowest BCUT2D eigenvalue weighted by Crippen LogP contribution is -2.20. The second-order valence-electron chi connectivity index (χ2n) is 4.95. The minimum atomic E-state index is -0.305.